The van der Waals surface area contributed by atoms with E-state index < -0.39 is 41.1 Å². The number of likely N-dealkylation sites (N-methyl/N-ethyl adjacent to an activating group) is 1. The first-order valence-electron chi connectivity index (χ1n) is 18.9. The number of ether oxygens (including phenoxy) is 5. The van der Waals surface area contributed by atoms with Crippen molar-refractivity contribution in [3.63, 3.8) is 0 Å². The zero-order chi connectivity index (χ0) is 38.9. The molecule has 4 N–H and O–H groups in total. The minimum atomic E-state index is -1.27. The van der Waals surface area contributed by atoms with E-state index in [4.69, 9.17) is 23.7 Å². The number of carbonyl (C=O) groups is 2. The Morgan fingerprint density at radius 2 is 1.93 bits per heavy atom. The molecule has 4 aromatic rings. The number of thioether (sulfide) groups is 1. The lowest BCUT2D eigenvalue weighted by atomic mass is 9.73. The summed E-state index contributed by atoms with van der Waals surface area (Å²) in [6.07, 6.45) is 0.0698. The number of piperazine rings is 1. The van der Waals surface area contributed by atoms with Crippen LogP contribution in [-0.2, 0) is 32.7 Å². The molecule has 0 radical (unpaired) electrons. The Hall–Kier alpha value is -4.38. The number of rotatable bonds is 2. The van der Waals surface area contributed by atoms with Gasteiger partial charge in [0.15, 0.2) is 28.8 Å². The van der Waals surface area contributed by atoms with Crippen LogP contribution in [0.3, 0.4) is 0 Å². The molecule has 2 fully saturated rings. The van der Waals surface area contributed by atoms with E-state index in [1.807, 2.05) is 27.0 Å². The summed E-state index contributed by atoms with van der Waals surface area (Å²) in [5.74, 6) is 0.782. The number of aliphatic hydroxyl groups is 1. The molecule has 7 atom stereocenters. The molecule has 11 rings (SSSR count). The number of hydrogen-bond acceptors (Lipinski definition) is 13. The van der Waals surface area contributed by atoms with Gasteiger partial charge in [0.25, 0.3) is 0 Å². The number of methoxy groups -OCH3 is 1. The van der Waals surface area contributed by atoms with Gasteiger partial charge in [-0.1, -0.05) is 6.07 Å². The summed E-state index contributed by atoms with van der Waals surface area (Å²) in [6, 6.07) is 4.54. The van der Waals surface area contributed by atoms with E-state index in [9.17, 15) is 24.2 Å². The summed E-state index contributed by atoms with van der Waals surface area (Å²) in [5.41, 5.74) is 5.28. The van der Waals surface area contributed by atoms with Gasteiger partial charge in [0.1, 0.15) is 29.9 Å². The smallest absolute Gasteiger partial charge is 0.308 e. The monoisotopic (exact) mass is 786 g/mol. The number of nitrogens with zero attached hydrogens (tertiary/aromatic N) is 2. The lowest BCUT2D eigenvalue weighted by molar-refractivity contribution is -0.181. The van der Waals surface area contributed by atoms with Crippen LogP contribution in [0.4, 0.5) is 4.39 Å². The summed E-state index contributed by atoms with van der Waals surface area (Å²) in [4.78, 5) is 35.4. The first-order valence-corrected chi connectivity index (χ1v) is 20.0. The van der Waals surface area contributed by atoms with Gasteiger partial charge in [-0.15, -0.1) is 11.8 Å². The van der Waals surface area contributed by atoms with Crippen LogP contribution >= 0.6 is 11.8 Å². The molecule has 3 aromatic carbocycles. The summed E-state index contributed by atoms with van der Waals surface area (Å²) in [7, 11) is 3.50. The Labute approximate surface area is 326 Å². The number of ketones is 1. The number of fused-ring (bicyclic) bond motifs is 12. The van der Waals surface area contributed by atoms with Crippen molar-refractivity contribution in [2.75, 3.05) is 46.5 Å². The zero-order valence-electron chi connectivity index (χ0n) is 31.7. The molecule has 2 saturated heterocycles. The van der Waals surface area contributed by atoms with Crippen molar-refractivity contribution in [3.05, 3.63) is 74.7 Å². The van der Waals surface area contributed by atoms with Gasteiger partial charge in [0.2, 0.25) is 6.79 Å². The van der Waals surface area contributed by atoms with Crippen molar-refractivity contribution in [1.29, 1.82) is 0 Å². The van der Waals surface area contributed by atoms with Crippen LogP contribution in [0.2, 0.25) is 0 Å². The highest BCUT2D eigenvalue weighted by molar-refractivity contribution is 7.99. The van der Waals surface area contributed by atoms with Crippen molar-refractivity contribution >= 4 is 34.4 Å². The topological polar surface area (TPSA) is 155 Å². The van der Waals surface area contributed by atoms with Crippen LogP contribution < -0.4 is 24.3 Å². The number of benzene rings is 3. The van der Waals surface area contributed by atoms with E-state index >= 15 is 0 Å². The quantitative estimate of drug-likeness (QED) is 0.168. The van der Waals surface area contributed by atoms with Gasteiger partial charge in [-0.25, -0.2) is 4.39 Å². The van der Waals surface area contributed by atoms with Crippen molar-refractivity contribution in [3.8, 4) is 28.7 Å². The number of nitrogens with one attached hydrogen (secondary N) is 2. The third-order valence-corrected chi connectivity index (χ3v) is 14.4. The van der Waals surface area contributed by atoms with E-state index in [0.717, 1.165) is 22.1 Å². The summed E-state index contributed by atoms with van der Waals surface area (Å²) >= 11 is 1.51. The molecule has 7 aliphatic heterocycles. The fourth-order valence-corrected chi connectivity index (χ4v) is 12.4. The highest BCUT2D eigenvalue weighted by Crippen LogP contribution is 2.64. The fourth-order valence-electron chi connectivity index (χ4n) is 10.6. The predicted octanol–water partition coefficient (Wildman–Crippen LogP) is 4.36. The van der Waals surface area contributed by atoms with Gasteiger partial charge >= 0.3 is 5.97 Å². The molecule has 7 aliphatic rings. The maximum absolute atomic E-state index is 14.8. The average molecular weight is 787 g/mol. The SMILES string of the molecule is COc1c(C)cc2c(c1O)[C@H]1C3[C@@H]4SC[C@]5(NCCc6c5[nH]c5cc(F)ccc65)C(=O)COC[C@@H](c5c6c(c(C)c(OC(C)=O)c54)OCO6)N3[C@@H](O)[C@@H](C2)N1C. The van der Waals surface area contributed by atoms with Crippen molar-refractivity contribution in [1.82, 2.24) is 20.1 Å². The molecule has 1 unspecified atom stereocenters. The van der Waals surface area contributed by atoms with Crippen LogP contribution in [0.1, 0.15) is 68.9 Å². The van der Waals surface area contributed by atoms with Gasteiger partial charge in [0, 0.05) is 64.1 Å². The second-order valence-electron chi connectivity index (χ2n) is 15.8. The minimum absolute atomic E-state index is 0.0257. The Kier molecular flexibility index (Phi) is 8.24. The fraction of sp³-hybridized carbons (Fsp3) is 0.463. The highest BCUT2D eigenvalue weighted by atomic mass is 32.2. The van der Waals surface area contributed by atoms with Crippen LogP contribution in [0.25, 0.3) is 10.9 Å². The van der Waals surface area contributed by atoms with Crippen molar-refractivity contribution in [2.24, 2.45) is 0 Å². The lowest BCUT2D eigenvalue weighted by Gasteiger charge is -2.61. The number of carbonyl (C=O) groups excluding carboxylic acids is 2. The number of esters is 1. The molecule has 15 heteroatoms. The number of aromatic nitrogens is 1. The number of aromatic amines is 1. The Morgan fingerprint density at radius 1 is 1.12 bits per heavy atom. The number of aryl methyl sites for hydroxylation is 1. The molecule has 0 amide bonds. The van der Waals surface area contributed by atoms with Crippen LogP contribution in [0.15, 0.2) is 24.3 Å². The van der Waals surface area contributed by atoms with E-state index in [2.05, 4.69) is 20.1 Å². The summed E-state index contributed by atoms with van der Waals surface area (Å²) in [6.45, 7) is 5.25. The van der Waals surface area contributed by atoms with Gasteiger partial charge in [-0.3, -0.25) is 24.7 Å². The normalized spacial score (nSPS) is 29.4. The molecule has 1 aromatic heterocycles. The molecule has 13 nitrogen and oxygen atoms in total. The number of aliphatic hydroxyl groups excluding tert-OH is 1. The Balaban J connectivity index is 1.24. The Bertz CT molecular complexity index is 2370. The van der Waals surface area contributed by atoms with E-state index in [1.54, 1.807) is 6.07 Å². The second-order valence-corrected chi connectivity index (χ2v) is 16.9. The van der Waals surface area contributed by atoms with Gasteiger partial charge in [-0.2, -0.15) is 0 Å². The van der Waals surface area contributed by atoms with Gasteiger partial charge < -0.3 is 38.9 Å². The number of phenols is 1. The maximum atomic E-state index is 14.8. The largest absolute Gasteiger partial charge is 0.504 e. The molecule has 0 aliphatic carbocycles. The number of halogens is 1. The number of phenolic OH excluding ortho intramolecular Hbond substituents is 1. The summed E-state index contributed by atoms with van der Waals surface area (Å²) in [5, 5.41) is 28.6. The van der Waals surface area contributed by atoms with E-state index in [0.29, 0.717) is 75.8 Å². The van der Waals surface area contributed by atoms with Crippen molar-refractivity contribution < 1.29 is 47.9 Å². The zero-order valence-corrected chi connectivity index (χ0v) is 32.5. The molecule has 8 heterocycles. The second kappa shape index (κ2) is 12.8. The standard InChI is InChI=1S/C41H43FN4O9S/c1-17-10-20-11-25-40(50)46-26-13-52-14-27(48)41(39-23(8-9-43-41)22-7-6-21(42)12-24(22)44-39)15-56-38(32(46)31(45(25)4)28(20)33(49)34(17)51-5)30-29(26)37-36(53-16-54-37)18(2)35(30)55-19(3)47/h6-7,10,12,25-26,31-32,38,40,43-44,49-50H,8-9,11,13-16H2,1-5H3/t25-,26+,31+,32?,38-,40+,41+/m1/s1. The summed E-state index contributed by atoms with van der Waals surface area (Å²) < 4.78 is 45.2. The number of hydrogen-bond donors (Lipinski definition) is 4. The molecular formula is C41H43FN4O9S. The molecular weight excluding hydrogens is 744 g/mol. The van der Waals surface area contributed by atoms with Crippen molar-refractivity contribution in [2.45, 2.75) is 74.8 Å². The van der Waals surface area contributed by atoms with Crippen LogP contribution in [-0.4, -0.2) is 102 Å². The molecule has 1 spiro atoms. The van der Waals surface area contributed by atoms with E-state index in [-0.39, 0.29) is 49.2 Å². The molecule has 56 heavy (non-hydrogen) atoms. The molecule has 0 saturated carbocycles. The predicted molar refractivity (Wildman–Crippen MR) is 203 cm³/mol. The number of aromatic hydroxyl groups is 1. The maximum Gasteiger partial charge on any atom is 0.308 e. The third kappa shape index (κ3) is 4.84. The minimum Gasteiger partial charge on any atom is -0.504 e. The number of Topliss-reactive ketones (excluding diaryl/α,β-unsaturated/α-hetero) is 1. The van der Waals surface area contributed by atoms with Crippen LogP contribution in [0.5, 0.6) is 28.7 Å². The number of H-pyrrole nitrogens is 1. The highest BCUT2D eigenvalue weighted by Gasteiger charge is 2.61. The first-order chi connectivity index (χ1) is 26.9. The Morgan fingerprint density at radius 3 is 2.71 bits per heavy atom. The van der Waals surface area contributed by atoms with Gasteiger partial charge in [-0.05, 0) is 68.6 Å². The van der Waals surface area contributed by atoms with E-state index in [1.165, 1.54) is 37.9 Å². The first kappa shape index (κ1) is 36.0. The molecule has 294 valence electrons. The molecule has 4 bridgehead atoms. The third-order valence-electron chi connectivity index (χ3n) is 12.9. The lowest BCUT2D eigenvalue weighted by Crippen LogP contribution is -2.69. The van der Waals surface area contributed by atoms with Gasteiger partial charge in [0.05, 0.1) is 37.1 Å². The average Bonchev–Trinajstić information content (AvgIpc) is 3.79. The van der Waals surface area contributed by atoms with Crippen LogP contribution in [0, 0.1) is 19.7 Å².